The second-order valence-corrected chi connectivity index (χ2v) is 5.18. The molecule has 0 unspecified atom stereocenters. The van der Waals surface area contributed by atoms with Crippen LogP contribution in [-0.4, -0.2) is 29.6 Å². The van der Waals surface area contributed by atoms with Gasteiger partial charge in [-0.3, -0.25) is 14.6 Å². The predicted octanol–water partition coefficient (Wildman–Crippen LogP) is 1.72. The van der Waals surface area contributed by atoms with Crippen LogP contribution in [0.1, 0.15) is 15.9 Å². The van der Waals surface area contributed by atoms with Crippen molar-refractivity contribution in [2.75, 3.05) is 6.54 Å². The minimum Gasteiger partial charge on any atom is -0.343 e. The molecule has 0 saturated carbocycles. The molecule has 0 aliphatic heterocycles. The molecule has 0 radical (unpaired) electrons. The molecule has 1 heterocycles. The Bertz CT molecular complexity index is 672. The Hall–Kier alpha value is -2.54. The van der Waals surface area contributed by atoms with E-state index in [2.05, 4.69) is 36.8 Å². The van der Waals surface area contributed by atoms with Crippen LogP contribution in [0.4, 0.5) is 0 Å². The van der Waals surface area contributed by atoms with E-state index in [9.17, 15) is 9.59 Å². The lowest BCUT2D eigenvalue weighted by atomic mass is 10.2. The summed E-state index contributed by atoms with van der Waals surface area (Å²) in [6, 6.07) is 10.4. The maximum Gasteiger partial charge on any atom is 0.259 e. The van der Waals surface area contributed by atoms with Gasteiger partial charge in [0.15, 0.2) is 0 Å². The van der Waals surface area contributed by atoms with E-state index in [0.717, 1.165) is 10.0 Å². The highest BCUT2D eigenvalue weighted by atomic mass is 79.9. The molecule has 22 heavy (non-hydrogen) atoms. The monoisotopic (exact) mass is 360 g/mol. The van der Waals surface area contributed by atoms with E-state index in [-0.39, 0.29) is 12.5 Å². The summed E-state index contributed by atoms with van der Waals surface area (Å²) in [5.74, 6) is -0.732. The third-order valence-corrected chi connectivity index (χ3v) is 3.13. The standard InChI is InChI=1S/C15H13BrN4O2/c16-13-5-3-12(4-6-13)15(22)18-10-14(21)20-19-9-11-2-1-7-17-8-11/h1-9H,10H2,(H,18,22)(H,20,21)/b19-9-. The van der Waals surface area contributed by atoms with E-state index in [4.69, 9.17) is 0 Å². The zero-order valence-corrected chi connectivity index (χ0v) is 13.1. The third-order valence-electron chi connectivity index (χ3n) is 2.60. The average molecular weight is 361 g/mol. The summed E-state index contributed by atoms with van der Waals surface area (Å²) in [6.45, 7) is -0.153. The Kier molecular flexibility index (Phi) is 5.79. The van der Waals surface area contributed by atoms with E-state index in [1.54, 1.807) is 48.8 Å². The van der Waals surface area contributed by atoms with Crippen molar-refractivity contribution in [2.24, 2.45) is 5.10 Å². The van der Waals surface area contributed by atoms with E-state index < -0.39 is 5.91 Å². The van der Waals surface area contributed by atoms with Gasteiger partial charge in [-0.05, 0) is 30.3 Å². The van der Waals surface area contributed by atoms with Crippen LogP contribution in [0.5, 0.6) is 0 Å². The van der Waals surface area contributed by atoms with Gasteiger partial charge in [-0.15, -0.1) is 0 Å². The van der Waals surface area contributed by atoms with Gasteiger partial charge in [0.05, 0.1) is 12.8 Å². The lowest BCUT2D eigenvalue weighted by molar-refractivity contribution is -0.120. The minimum absolute atomic E-state index is 0.153. The van der Waals surface area contributed by atoms with Crippen LogP contribution in [0.15, 0.2) is 58.4 Å². The van der Waals surface area contributed by atoms with Crippen molar-refractivity contribution in [3.05, 3.63) is 64.4 Å². The number of nitrogens with one attached hydrogen (secondary N) is 2. The van der Waals surface area contributed by atoms with Gasteiger partial charge in [-0.1, -0.05) is 22.0 Å². The van der Waals surface area contributed by atoms with Gasteiger partial charge in [0.25, 0.3) is 11.8 Å². The summed E-state index contributed by atoms with van der Waals surface area (Å²) in [5.41, 5.74) is 3.57. The normalized spacial score (nSPS) is 10.4. The summed E-state index contributed by atoms with van der Waals surface area (Å²) in [5, 5.41) is 6.30. The number of hydrazone groups is 1. The van der Waals surface area contributed by atoms with Crippen LogP contribution in [0.25, 0.3) is 0 Å². The maximum atomic E-state index is 11.8. The zero-order valence-electron chi connectivity index (χ0n) is 11.5. The van der Waals surface area contributed by atoms with Crippen LogP contribution in [0, 0.1) is 0 Å². The van der Waals surface area contributed by atoms with Crippen molar-refractivity contribution in [3.63, 3.8) is 0 Å². The summed E-state index contributed by atoms with van der Waals surface area (Å²) in [6.07, 6.45) is 4.74. The van der Waals surface area contributed by atoms with Gasteiger partial charge >= 0.3 is 0 Å². The molecule has 0 saturated heterocycles. The molecule has 112 valence electrons. The summed E-state index contributed by atoms with van der Waals surface area (Å²) in [4.78, 5) is 27.3. The quantitative estimate of drug-likeness (QED) is 0.628. The molecule has 2 aromatic rings. The topological polar surface area (TPSA) is 83.5 Å². The van der Waals surface area contributed by atoms with Crippen LogP contribution < -0.4 is 10.7 Å². The SMILES string of the molecule is O=C(CNC(=O)c1ccc(Br)cc1)N/N=C\c1cccnc1. The number of carbonyl (C=O) groups excluding carboxylic acids is 2. The molecule has 2 N–H and O–H groups in total. The molecule has 0 aliphatic carbocycles. The maximum absolute atomic E-state index is 11.8. The fraction of sp³-hybridized carbons (Fsp3) is 0.0667. The van der Waals surface area contributed by atoms with E-state index in [1.807, 2.05) is 0 Å². The number of halogens is 1. The average Bonchev–Trinajstić information content (AvgIpc) is 2.54. The Morgan fingerprint density at radius 2 is 2.00 bits per heavy atom. The minimum atomic E-state index is -0.411. The first-order chi connectivity index (χ1) is 10.6. The number of rotatable bonds is 5. The van der Waals surface area contributed by atoms with Crippen molar-refractivity contribution in [3.8, 4) is 0 Å². The molecular formula is C15H13BrN4O2. The Labute approximate surface area is 135 Å². The fourth-order valence-electron chi connectivity index (χ4n) is 1.53. The zero-order chi connectivity index (χ0) is 15.8. The molecule has 0 spiro atoms. The number of hydrogen-bond acceptors (Lipinski definition) is 4. The number of aromatic nitrogens is 1. The van der Waals surface area contributed by atoms with Crippen LogP contribution in [0.2, 0.25) is 0 Å². The number of nitrogens with zero attached hydrogens (tertiary/aromatic N) is 2. The lowest BCUT2D eigenvalue weighted by Gasteiger charge is -2.04. The third kappa shape index (κ3) is 5.10. The highest BCUT2D eigenvalue weighted by Crippen LogP contribution is 2.10. The number of carbonyl (C=O) groups is 2. The molecule has 0 atom stereocenters. The van der Waals surface area contributed by atoms with Gasteiger partial charge in [-0.2, -0.15) is 5.10 Å². The van der Waals surface area contributed by atoms with Crippen molar-refractivity contribution < 1.29 is 9.59 Å². The number of benzene rings is 1. The lowest BCUT2D eigenvalue weighted by Crippen LogP contribution is -2.34. The van der Waals surface area contributed by atoms with E-state index in [0.29, 0.717) is 5.56 Å². The van der Waals surface area contributed by atoms with Crippen LogP contribution in [0.3, 0.4) is 0 Å². The summed E-state index contributed by atoms with van der Waals surface area (Å²) >= 11 is 3.29. The van der Waals surface area contributed by atoms with Gasteiger partial charge in [-0.25, -0.2) is 5.43 Å². The van der Waals surface area contributed by atoms with E-state index in [1.165, 1.54) is 6.21 Å². The Morgan fingerprint density at radius 1 is 1.23 bits per heavy atom. The molecule has 0 bridgehead atoms. The molecule has 2 rings (SSSR count). The molecule has 7 heteroatoms. The van der Waals surface area contributed by atoms with Gasteiger partial charge in [0.1, 0.15) is 0 Å². The van der Waals surface area contributed by atoms with E-state index >= 15 is 0 Å². The summed E-state index contributed by atoms with van der Waals surface area (Å²) in [7, 11) is 0. The number of pyridine rings is 1. The van der Waals surface area contributed by atoms with Crippen LogP contribution >= 0.6 is 15.9 Å². The second-order valence-electron chi connectivity index (χ2n) is 4.27. The first-order valence-corrected chi connectivity index (χ1v) is 7.20. The highest BCUT2D eigenvalue weighted by molar-refractivity contribution is 9.10. The molecule has 1 aromatic heterocycles. The molecular weight excluding hydrogens is 348 g/mol. The molecule has 0 fully saturated rings. The smallest absolute Gasteiger partial charge is 0.259 e. The highest BCUT2D eigenvalue weighted by Gasteiger charge is 2.07. The fourth-order valence-corrected chi connectivity index (χ4v) is 1.80. The van der Waals surface area contributed by atoms with Crippen molar-refractivity contribution in [1.82, 2.24) is 15.7 Å². The second kappa shape index (κ2) is 8.04. The Morgan fingerprint density at radius 3 is 2.68 bits per heavy atom. The largest absolute Gasteiger partial charge is 0.343 e. The first kappa shape index (κ1) is 15.8. The van der Waals surface area contributed by atoms with Crippen molar-refractivity contribution >= 4 is 34.0 Å². The van der Waals surface area contributed by atoms with Gasteiger partial charge in [0, 0.05) is 28.0 Å². The first-order valence-electron chi connectivity index (χ1n) is 6.41. The number of hydrogen-bond donors (Lipinski definition) is 2. The molecule has 6 nitrogen and oxygen atoms in total. The van der Waals surface area contributed by atoms with Gasteiger partial charge < -0.3 is 5.32 Å². The molecule has 2 amide bonds. The number of amides is 2. The molecule has 1 aromatic carbocycles. The van der Waals surface area contributed by atoms with Gasteiger partial charge in [0.2, 0.25) is 0 Å². The summed E-state index contributed by atoms with van der Waals surface area (Å²) < 4.78 is 0.881. The molecule has 0 aliphatic rings. The Balaban J connectivity index is 1.77. The van der Waals surface area contributed by atoms with Crippen LogP contribution in [-0.2, 0) is 4.79 Å². The van der Waals surface area contributed by atoms with Crippen molar-refractivity contribution in [2.45, 2.75) is 0 Å². The van der Waals surface area contributed by atoms with Crippen molar-refractivity contribution in [1.29, 1.82) is 0 Å². The predicted molar refractivity (Wildman–Crippen MR) is 86.4 cm³/mol.